The topological polar surface area (TPSA) is 108 Å². The number of aliphatic hydroxyl groups is 1. The van der Waals surface area contributed by atoms with Crippen molar-refractivity contribution in [3.8, 4) is 0 Å². The molecule has 0 aromatic rings. The van der Waals surface area contributed by atoms with Crippen molar-refractivity contribution in [3.63, 3.8) is 0 Å². The number of unbranched alkanes of at least 4 members (excludes halogenated alkanes) is 24. The van der Waals surface area contributed by atoms with Crippen molar-refractivity contribution >= 4 is 13.7 Å². The second-order valence-electron chi connectivity index (χ2n) is 16.0. The van der Waals surface area contributed by atoms with Crippen LogP contribution in [-0.2, 0) is 18.4 Å². The zero-order valence-corrected chi connectivity index (χ0v) is 35.7. The van der Waals surface area contributed by atoms with Crippen molar-refractivity contribution in [2.45, 2.75) is 206 Å². The number of carbonyl (C=O) groups excluding carboxylic acids is 1. The third-order valence-corrected chi connectivity index (χ3v) is 10.6. The molecule has 0 radical (unpaired) electrons. The third-order valence-electron chi connectivity index (χ3n) is 9.66. The molecule has 3 atom stereocenters. The maximum atomic E-state index is 12.8. The first-order valence-electron chi connectivity index (χ1n) is 21.7. The largest absolute Gasteiger partial charge is 0.756 e. The van der Waals surface area contributed by atoms with E-state index in [-0.39, 0.29) is 19.1 Å². The number of hydrogen-bond donors (Lipinski definition) is 2. The van der Waals surface area contributed by atoms with E-state index in [1.54, 1.807) is 6.08 Å². The van der Waals surface area contributed by atoms with Crippen molar-refractivity contribution < 1.29 is 32.9 Å². The molecule has 0 aliphatic carbocycles. The van der Waals surface area contributed by atoms with E-state index in [0.717, 1.165) is 38.5 Å². The molecule has 2 N–H and O–H groups in total. The minimum absolute atomic E-state index is 0.00442. The summed E-state index contributed by atoms with van der Waals surface area (Å²) in [5, 5.41) is 13.7. The predicted molar refractivity (Wildman–Crippen MR) is 219 cm³/mol. The van der Waals surface area contributed by atoms with E-state index < -0.39 is 20.0 Å². The monoisotopic (exact) mass is 757 g/mol. The fourth-order valence-electron chi connectivity index (χ4n) is 6.17. The van der Waals surface area contributed by atoms with Gasteiger partial charge in [0.25, 0.3) is 7.82 Å². The van der Waals surface area contributed by atoms with E-state index in [1.165, 1.54) is 135 Å². The molecule has 0 aliphatic heterocycles. The number of nitrogens with zero attached hydrogens (tertiary/aromatic N) is 1. The molecule has 0 bridgehead atoms. The van der Waals surface area contributed by atoms with Gasteiger partial charge in [0.05, 0.1) is 39.9 Å². The van der Waals surface area contributed by atoms with Crippen LogP contribution < -0.4 is 10.2 Å². The van der Waals surface area contributed by atoms with Gasteiger partial charge in [-0.15, -0.1) is 0 Å². The number of quaternary nitrogens is 1. The second kappa shape index (κ2) is 35.7. The molecule has 308 valence electrons. The highest BCUT2D eigenvalue weighted by Crippen LogP contribution is 2.38. The van der Waals surface area contributed by atoms with Gasteiger partial charge in [0.1, 0.15) is 13.2 Å². The Labute approximate surface area is 322 Å². The lowest BCUT2D eigenvalue weighted by Crippen LogP contribution is -2.45. The summed E-state index contributed by atoms with van der Waals surface area (Å²) in [5.41, 5.74) is 0. The number of allylic oxidation sites excluding steroid dienone is 3. The van der Waals surface area contributed by atoms with Crippen molar-refractivity contribution in [1.82, 2.24) is 5.32 Å². The first kappa shape index (κ1) is 51.0. The number of nitrogens with one attached hydrogen (secondary N) is 1. The van der Waals surface area contributed by atoms with E-state index in [9.17, 15) is 19.4 Å². The summed E-state index contributed by atoms with van der Waals surface area (Å²) in [6.45, 7) is 4.62. The molecule has 0 heterocycles. The van der Waals surface area contributed by atoms with Gasteiger partial charge in [-0.05, 0) is 32.1 Å². The normalized spacial score (nSPS) is 14.7. The average Bonchev–Trinajstić information content (AvgIpc) is 3.09. The Morgan fingerprint density at radius 3 is 1.56 bits per heavy atom. The highest BCUT2D eigenvalue weighted by atomic mass is 31.2. The quantitative estimate of drug-likeness (QED) is 0.0280. The summed E-state index contributed by atoms with van der Waals surface area (Å²) in [4.78, 5) is 25.2. The molecule has 0 spiro atoms. The molecular formula is C43H85N2O6P. The fourth-order valence-corrected chi connectivity index (χ4v) is 6.89. The van der Waals surface area contributed by atoms with Crippen molar-refractivity contribution in [2.24, 2.45) is 0 Å². The summed E-state index contributed by atoms with van der Waals surface area (Å²) in [6, 6.07) is -0.897. The molecule has 0 fully saturated rings. The zero-order valence-electron chi connectivity index (χ0n) is 34.8. The SMILES string of the molecule is CCCCCCCCC/C=C/CC/C=C/[C@@H](O)[C@H](COP(=O)([O-])OCC[N+](C)(C)C)NC(=O)CCCCCCCCCCCCCCCCCCC. The first-order valence-corrected chi connectivity index (χ1v) is 23.2. The van der Waals surface area contributed by atoms with E-state index in [1.807, 2.05) is 27.2 Å². The van der Waals surface area contributed by atoms with Crippen LogP contribution in [0.4, 0.5) is 0 Å². The molecule has 0 rings (SSSR count). The summed E-state index contributed by atoms with van der Waals surface area (Å²) in [5.74, 6) is -0.206. The second-order valence-corrected chi connectivity index (χ2v) is 17.5. The molecule has 9 heteroatoms. The summed E-state index contributed by atoms with van der Waals surface area (Å²) >= 11 is 0. The lowest BCUT2D eigenvalue weighted by Gasteiger charge is -2.29. The lowest BCUT2D eigenvalue weighted by molar-refractivity contribution is -0.870. The smallest absolute Gasteiger partial charge is 0.268 e. The molecule has 0 aliphatic rings. The van der Waals surface area contributed by atoms with Crippen LogP contribution >= 0.6 is 7.82 Å². The highest BCUT2D eigenvalue weighted by molar-refractivity contribution is 7.45. The van der Waals surface area contributed by atoms with E-state index >= 15 is 0 Å². The molecular weight excluding hydrogens is 671 g/mol. The zero-order chi connectivity index (χ0) is 38.6. The standard InChI is InChI=1S/C43H85N2O6P/c1-6-8-10-12-14-16-18-20-21-22-23-25-27-29-31-33-35-37-43(47)44-41(40-51-52(48,49)50-39-38-45(3,4)5)42(46)36-34-32-30-28-26-24-19-17-15-13-11-9-7-2/h26,28,34,36,41-42,46H,6-25,27,29-33,35,37-40H2,1-5H3,(H-,44,47,48,49)/b28-26+,36-34+/t41-,42+/m0/s1. The minimum atomic E-state index is -4.59. The molecule has 52 heavy (non-hydrogen) atoms. The van der Waals surface area contributed by atoms with E-state index in [4.69, 9.17) is 9.05 Å². The van der Waals surface area contributed by atoms with Crippen LogP contribution in [0.25, 0.3) is 0 Å². The van der Waals surface area contributed by atoms with Gasteiger partial charge in [0.2, 0.25) is 5.91 Å². The average molecular weight is 757 g/mol. The van der Waals surface area contributed by atoms with Crippen LogP contribution in [-0.4, -0.2) is 68.5 Å². The van der Waals surface area contributed by atoms with Gasteiger partial charge in [-0.2, -0.15) is 0 Å². The maximum absolute atomic E-state index is 12.8. The number of aliphatic hydroxyl groups excluding tert-OH is 1. The van der Waals surface area contributed by atoms with Gasteiger partial charge in [0, 0.05) is 6.42 Å². The Hall–Kier alpha value is -1.02. The first-order chi connectivity index (χ1) is 25.0. The number of rotatable bonds is 39. The van der Waals surface area contributed by atoms with Crippen LogP contribution in [0.5, 0.6) is 0 Å². The Kier molecular flexibility index (Phi) is 35.0. The molecule has 8 nitrogen and oxygen atoms in total. The van der Waals surface area contributed by atoms with Gasteiger partial charge in [0.15, 0.2) is 0 Å². The summed E-state index contributed by atoms with van der Waals surface area (Å²) in [7, 11) is 1.25. The molecule has 1 amide bonds. The molecule has 0 saturated heterocycles. The van der Waals surface area contributed by atoms with E-state index in [0.29, 0.717) is 17.4 Å². The van der Waals surface area contributed by atoms with Gasteiger partial charge < -0.3 is 28.8 Å². The number of carbonyl (C=O) groups is 1. The van der Waals surface area contributed by atoms with Gasteiger partial charge >= 0.3 is 0 Å². The van der Waals surface area contributed by atoms with Crippen molar-refractivity contribution in [3.05, 3.63) is 24.3 Å². The lowest BCUT2D eigenvalue weighted by atomic mass is 10.0. The number of hydrogen-bond acceptors (Lipinski definition) is 6. The van der Waals surface area contributed by atoms with Crippen LogP contribution in [0.3, 0.4) is 0 Å². The number of phosphoric acid groups is 1. The van der Waals surface area contributed by atoms with Gasteiger partial charge in [-0.1, -0.05) is 179 Å². The van der Waals surface area contributed by atoms with Crippen LogP contribution in [0, 0.1) is 0 Å². The number of likely N-dealkylation sites (N-methyl/N-ethyl adjacent to an activating group) is 1. The Bertz CT molecular complexity index is 907. The Balaban J connectivity index is 4.44. The van der Waals surface area contributed by atoms with E-state index in [2.05, 4.69) is 31.3 Å². The maximum Gasteiger partial charge on any atom is 0.268 e. The Morgan fingerprint density at radius 1 is 0.654 bits per heavy atom. The number of phosphoric ester groups is 1. The van der Waals surface area contributed by atoms with Crippen molar-refractivity contribution in [1.29, 1.82) is 0 Å². The minimum Gasteiger partial charge on any atom is -0.756 e. The third kappa shape index (κ3) is 37.3. The molecule has 0 aromatic carbocycles. The highest BCUT2D eigenvalue weighted by Gasteiger charge is 2.23. The van der Waals surface area contributed by atoms with Gasteiger partial charge in [-0.25, -0.2) is 0 Å². The van der Waals surface area contributed by atoms with Gasteiger partial charge in [-0.3, -0.25) is 9.36 Å². The molecule has 0 saturated carbocycles. The summed E-state index contributed by atoms with van der Waals surface area (Å²) < 4.78 is 23.1. The summed E-state index contributed by atoms with van der Waals surface area (Å²) in [6.07, 6.45) is 40.8. The van der Waals surface area contributed by atoms with Crippen LogP contribution in [0.1, 0.15) is 194 Å². The predicted octanol–water partition coefficient (Wildman–Crippen LogP) is 11.1. The molecule has 0 aromatic heterocycles. The van der Waals surface area contributed by atoms with Crippen LogP contribution in [0.2, 0.25) is 0 Å². The molecule has 1 unspecified atom stereocenters. The number of amides is 1. The van der Waals surface area contributed by atoms with Crippen molar-refractivity contribution in [2.75, 3.05) is 40.9 Å². The Morgan fingerprint density at radius 2 is 1.08 bits per heavy atom. The van der Waals surface area contributed by atoms with Crippen LogP contribution in [0.15, 0.2) is 24.3 Å². The fraction of sp³-hybridized carbons (Fsp3) is 0.884.